The van der Waals surface area contributed by atoms with Crippen molar-refractivity contribution in [2.75, 3.05) is 6.54 Å². The summed E-state index contributed by atoms with van der Waals surface area (Å²) >= 11 is 0. The van der Waals surface area contributed by atoms with Gasteiger partial charge >= 0.3 is 0 Å². The first kappa shape index (κ1) is 9.60. The molecule has 10 heavy (non-hydrogen) atoms. The fraction of sp³-hybridized carbons (Fsp3) is 1.00. The minimum absolute atomic E-state index is 0.446. The van der Waals surface area contributed by atoms with Crippen LogP contribution in [0, 0.1) is 10.9 Å². The van der Waals surface area contributed by atoms with E-state index in [2.05, 4.69) is 25.9 Å². The van der Waals surface area contributed by atoms with Crippen molar-refractivity contribution in [3.63, 3.8) is 0 Å². The Morgan fingerprint density at radius 2 is 1.80 bits per heavy atom. The molecule has 0 aromatic carbocycles. The molecule has 0 aliphatic rings. The second-order valence-corrected chi connectivity index (χ2v) is 3.90. The van der Waals surface area contributed by atoms with Gasteiger partial charge in [0, 0.05) is 0 Å². The third kappa shape index (κ3) is 7.60. The smallest absolute Gasteiger partial charge is 0.0596 e. The highest BCUT2D eigenvalue weighted by atomic mass is 14.9. The number of hydrogen-bond donors (Lipinski definition) is 1. The van der Waals surface area contributed by atoms with Gasteiger partial charge < -0.3 is 0 Å². The Kier molecular flexibility index (Phi) is 4.24. The van der Waals surface area contributed by atoms with Crippen LogP contribution in [0.2, 0.25) is 0 Å². The van der Waals surface area contributed by atoms with Gasteiger partial charge in [-0.25, -0.2) is 5.53 Å². The summed E-state index contributed by atoms with van der Waals surface area (Å²) in [6, 6.07) is 0. The largest absolute Gasteiger partial charge is 0.210 e. The molecule has 0 aliphatic heterocycles. The molecule has 0 aliphatic carbocycles. The first-order chi connectivity index (χ1) is 4.56. The molecule has 0 radical (unpaired) electrons. The molecule has 0 saturated carbocycles. The zero-order chi connectivity index (χ0) is 8.04. The standard InChI is InChI=1S/C8H18N2/c1-8(2,3)6-4-5-7-10-9/h9H,4-7H2,1-3H3. The van der Waals surface area contributed by atoms with E-state index in [0.717, 1.165) is 6.42 Å². The Morgan fingerprint density at radius 3 is 2.20 bits per heavy atom. The maximum atomic E-state index is 6.56. The van der Waals surface area contributed by atoms with Gasteiger partial charge in [0.2, 0.25) is 0 Å². The van der Waals surface area contributed by atoms with Gasteiger partial charge in [0.15, 0.2) is 0 Å². The van der Waals surface area contributed by atoms with Crippen molar-refractivity contribution in [1.82, 2.24) is 0 Å². The molecular weight excluding hydrogens is 124 g/mol. The van der Waals surface area contributed by atoms with Crippen LogP contribution in [0.15, 0.2) is 5.11 Å². The third-order valence-corrected chi connectivity index (χ3v) is 1.45. The summed E-state index contributed by atoms with van der Waals surface area (Å²) in [4.78, 5) is 0. The van der Waals surface area contributed by atoms with Crippen LogP contribution in [-0.4, -0.2) is 6.54 Å². The molecule has 60 valence electrons. The van der Waals surface area contributed by atoms with Crippen LogP contribution >= 0.6 is 0 Å². The Labute approximate surface area is 63.5 Å². The molecule has 0 atom stereocenters. The lowest BCUT2D eigenvalue weighted by molar-refractivity contribution is 0.361. The van der Waals surface area contributed by atoms with Crippen LogP contribution in [-0.2, 0) is 0 Å². The lowest BCUT2D eigenvalue weighted by Gasteiger charge is -2.16. The van der Waals surface area contributed by atoms with Crippen molar-refractivity contribution < 1.29 is 0 Å². The summed E-state index contributed by atoms with van der Waals surface area (Å²) in [5.41, 5.74) is 7.01. The fourth-order valence-electron chi connectivity index (χ4n) is 0.846. The van der Waals surface area contributed by atoms with Gasteiger partial charge in [-0.3, -0.25) is 0 Å². The zero-order valence-corrected chi connectivity index (χ0v) is 7.28. The van der Waals surface area contributed by atoms with Gasteiger partial charge in [0.25, 0.3) is 0 Å². The van der Waals surface area contributed by atoms with Gasteiger partial charge in [0.1, 0.15) is 0 Å². The molecule has 2 nitrogen and oxygen atoms in total. The summed E-state index contributed by atoms with van der Waals surface area (Å²) < 4.78 is 0. The average molecular weight is 142 g/mol. The van der Waals surface area contributed by atoms with Gasteiger partial charge in [-0.15, -0.1) is 0 Å². The fourth-order valence-corrected chi connectivity index (χ4v) is 0.846. The molecule has 0 aromatic heterocycles. The van der Waals surface area contributed by atoms with Crippen molar-refractivity contribution in [3.8, 4) is 0 Å². The lowest BCUT2D eigenvalue weighted by Crippen LogP contribution is -2.04. The van der Waals surface area contributed by atoms with Crippen LogP contribution in [0.1, 0.15) is 40.0 Å². The maximum absolute atomic E-state index is 6.56. The van der Waals surface area contributed by atoms with Gasteiger partial charge in [-0.2, -0.15) is 5.11 Å². The van der Waals surface area contributed by atoms with Gasteiger partial charge in [0.05, 0.1) is 6.54 Å². The number of unbranched alkanes of at least 4 members (excludes halogenated alkanes) is 1. The van der Waals surface area contributed by atoms with Crippen LogP contribution in [0.3, 0.4) is 0 Å². The van der Waals surface area contributed by atoms with E-state index in [0.29, 0.717) is 12.0 Å². The predicted octanol–water partition coefficient (Wildman–Crippen LogP) is 3.23. The number of rotatable bonds is 4. The molecule has 1 N–H and O–H groups in total. The number of hydrogen-bond acceptors (Lipinski definition) is 2. The molecule has 0 heterocycles. The first-order valence-corrected chi connectivity index (χ1v) is 3.89. The van der Waals surface area contributed by atoms with Gasteiger partial charge in [-0.05, 0) is 18.3 Å². The van der Waals surface area contributed by atoms with Crippen molar-refractivity contribution in [3.05, 3.63) is 0 Å². The quantitative estimate of drug-likeness (QED) is 0.462. The molecule has 0 unspecified atom stereocenters. The normalized spacial score (nSPS) is 11.5. The van der Waals surface area contributed by atoms with Crippen molar-refractivity contribution in [1.29, 1.82) is 5.53 Å². The van der Waals surface area contributed by atoms with E-state index in [-0.39, 0.29) is 0 Å². The summed E-state index contributed by atoms with van der Waals surface area (Å²) in [7, 11) is 0. The molecule has 0 bridgehead atoms. The molecule has 0 amide bonds. The van der Waals surface area contributed by atoms with Gasteiger partial charge in [-0.1, -0.05) is 27.2 Å². The molecule has 0 fully saturated rings. The van der Waals surface area contributed by atoms with Crippen molar-refractivity contribution in [2.45, 2.75) is 40.0 Å². The Hall–Kier alpha value is -0.400. The van der Waals surface area contributed by atoms with Crippen LogP contribution in [0.5, 0.6) is 0 Å². The second kappa shape index (κ2) is 4.42. The Morgan fingerprint density at radius 1 is 1.20 bits per heavy atom. The molecule has 0 saturated heterocycles. The highest BCUT2D eigenvalue weighted by Crippen LogP contribution is 2.21. The predicted molar refractivity (Wildman–Crippen MR) is 43.3 cm³/mol. The highest BCUT2D eigenvalue weighted by molar-refractivity contribution is 4.60. The lowest BCUT2D eigenvalue weighted by atomic mass is 9.90. The summed E-state index contributed by atoms with van der Waals surface area (Å²) in [6.45, 7) is 7.43. The van der Waals surface area contributed by atoms with Crippen molar-refractivity contribution >= 4 is 0 Å². The molecule has 2 heteroatoms. The monoisotopic (exact) mass is 142 g/mol. The molecule has 0 aromatic rings. The maximum Gasteiger partial charge on any atom is 0.0596 e. The second-order valence-electron chi connectivity index (χ2n) is 3.90. The number of nitrogens with zero attached hydrogens (tertiary/aromatic N) is 1. The van der Waals surface area contributed by atoms with Crippen LogP contribution < -0.4 is 0 Å². The van der Waals surface area contributed by atoms with Crippen LogP contribution in [0.4, 0.5) is 0 Å². The third-order valence-electron chi connectivity index (χ3n) is 1.45. The first-order valence-electron chi connectivity index (χ1n) is 3.89. The molecular formula is C8H18N2. The molecule has 0 rings (SSSR count). The Balaban J connectivity index is 3.12. The summed E-state index contributed by atoms with van der Waals surface area (Å²) in [5.74, 6) is 0. The van der Waals surface area contributed by atoms with Crippen molar-refractivity contribution in [2.24, 2.45) is 10.5 Å². The van der Waals surface area contributed by atoms with E-state index in [9.17, 15) is 0 Å². The summed E-state index contributed by atoms with van der Waals surface area (Å²) in [6.07, 6.45) is 3.51. The topological polar surface area (TPSA) is 36.2 Å². The Bertz CT molecular complexity index is 91.9. The van der Waals surface area contributed by atoms with E-state index < -0.39 is 0 Å². The van der Waals surface area contributed by atoms with E-state index in [4.69, 9.17) is 5.53 Å². The number of nitrogens with one attached hydrogen (secondary N) is 1. The van der Waals surface area contributed by atoms with E-state index in [1.807, 2.05) is 0 Å². The average Bonchev–Trinajstić information content (AvgIpc) is 1.78. The molecule has 0 spiro atoms. The summed E-state index contributed by atoms with van der Waals surface area (Å²) in [5, 5.41) is 3.31. The van der Waals surface area contributed by atoms with E-state index in [1.54, 1.807) is 0 Å². The minimum atomic E-state index is 0.446. The SMILES string of the molecule is CC(C)(C)CCCCN=N. The van der Waals surface area contributed by atoms with E-state index >= 15 is 0 Å². The van der Waals surface area contributed by atoms with E-state index in [1.165, 1.54) is 12.8 Å². The minimum Gasteiger partial charge on any atom is -0.210 e. The zero-order valence-electron chi connectivity index (χ0n) is 7.28. The van der Waals surface area contributed by atoms with Crippen LogP contribution in [0.25, 0.3) is 0 Å². The highest BCUT2D eigenvalue weighted by Gasteiger charge is 2.08.